The molecular weight excluding hydrogens is 280 g/mol. The molecule has 112 valence electrons. The lowest BCUT2D eigenvalue weighted by Gasteiger charge is -2.16. The molecular formula is C12H14N4O5. The summed E-state index contributed by atoms with van der Waals surface area (Å²) in [7, 11) is 0. The summed E-state index contributed by atoms with van der Waals surface area (Å²) in [4.78, 5) is 26.5. The van der Waals surface area contributed by atoms with E-state index in [1.807, 2.05) is 6.07 Å². The molecule has 1 aliphatic rings. The van der Waals surface area contributed by atoms with Gasteiger partial charge in [0.05, 0.1) is 12.7 Å². The first-order valence-corrected chi connectivity index (χ1v) is 6.18. The summed E-state index contributed by atoms with van der Waals surface area (Å²) < 4.78 is 6.37. The SMILES string of the molecule is CC(=O)Nc1ccn(C2OC(CO)C(O)C2C#N)c(=O)n1. The highest BCUT2D eigenvalue weighted by molar-refractivity contribution is 5.87. The first-order chi connectivity index (χ1) is 9.97. The van der Waals surface area contributed by atoms with Crippen LogP contribution in [0.3, 0.4) is 0 Å². The Morgan fingerprint density at radius 2 is 2.38 bits per heavy atom. The third kappa shape index (κ3) is 2.92. The van der Waals surface area contributed by atoms with Gasteiger partial charge in [-0.2, -0.15) is 10.2 Å². The average molecular weight is 294 g/mol. The number of nitriles is 1. The smallest absolute Gasteiger partial charge is 0.351 e. The highest BCUT2D eigenvalue weighted by Gasteiger charge is 2.45. The van der Waals surface area contributed by atoms with Crippen LogP contribution in [0.1, 0.15) is 13.2 Å². The summed E-state index contributed by atoms with van der Waals surface area (Å²) in [6, 6.07) is 3.23. The predicted molar refractivity (Wildman–Crippen MR) is 68.9 cm³/mol. The minimum absolute atomic E-state index is 0.0783. The molecule has 1 aromatic rings. The van der Waals surface area contributed by atoms with Crippen molar-refractivity contribution in [1.82, 2.24) is 9.55 Å². The number of hydrogen-bond acceptors (Lipinski definition) is 7. The van der Waals surface area contributed by atoms with Crippen LogP contribution in [0.2, 0.25) is 0 Å². The summed E-state index contributed by atoms with van der Waals surface area (Å²) in [5.41, 5.74) is -0.739. The van der Waals surface area contributed by atoms with E-state index in [1.165, 1.54) is 19.2 Å². The Bertz CT molecular complexity index is 637. The van der Waals surface area contributed by atoms with Crippen molar-refractivity contribution in [3.63, 3.8) is 0 Å². The molecule has 4 unspecified atom stereocenters. The van der Waals surface area contributed by atoms with E-state index in [-0.39, 0.29) is 11.7 Å². The van der Waals surface area contributed by atoms with Crippen molar-refractivity contribution in [3.8, 4) is 6.07 Å². The predicted octanol–water partition coefficient (Wildman–Crippen LogP) is -1.41. The minimum atomic E-state index is -1.20. The normalized spacial score (nSPS) is 28.1. The van der Waals surface area contributed by atoms with E-state index in [4.69, 9.17) is 15.1 Å². The molecule has 0 bridgehead atoms. The highest BCUT2D eigenvalue weighted by Crippen LogP contribution is 2.33. The number of nitrogens with zero attached hydrogens (tertiary/aromatic N) is 3. The van der Waals surface area contributed by atoms with E-state index in [1.54, 1.807) is 0 Å². The molecule has 21 heavy (non-hydrogen) atoms. The number of amides is 1. The molecule has 1 saturated heterocycles. The molecule has 1 aromatic heterocycles. The maximum Gasteiger partial charge on any atom is 0.351 e. The van der Waals surface area contributed by atoms with Crippen molar-refractivity contribution in [1.29, 1.82) is 5.26 Å². The van der Waals surface area contributed by atoms with E-state index >= 15 is 0 Å². The van der Waals surface area contributed by atoms with Gasteiger partial charge in [-0.25, -0.2) is 4.79 Å². The van der Waals surface area contributed by atoms with E-state index in [9.17, 15) is 14.7 Å². The number of hydrogen-bond donors (Lipinski definition) is 3. The van der Waals surface area contributed by atoms with Gasteiger partial charge >= 0.3 is 5.69 Å². The molecule has 4 atom stereocenters. The van der Waals surface area contributed by atoms with Crippen molar-refractivity contribution in [3.05, 3.63) is 22.7 Å². The number of carbonyl (C=O) groups is 1. The quantitative estimate of drug-likeness (QED) is 0.622. The Morgan fingerprint density at radius 1 is 1.67 bits per heavy atom. The fourth-order valence-corrected chi connectivity index (χ4v) is 2.13. The molecule has 0 spiro atoms. The molecule has 3 N–H and O–H groups in total. The standard InChI is InChI=1S/C12H14N4O5/c1-6(18)14-9-2-3-16(12(20)15-9)11-7(4-13)10(19)8(5-17)21-11/h2-3,7-8,10-11,17,19H,5H2,1H3,(H,14,15,18,20). The molecule has 9 heteroatoms. The average Bonchev–Trinajstić information content (AvgIpc) is 2.74. The Kier molecular flexibility index (Phi) is 4.32. The number of aliphatic hydroxyl groups is 2. The topological polar surface area (TPSA) is 137 Å². The van der Waals surface area contributed by atoms with Crippen LogP contribution in [0.4, 0.5) is 5.82 Å². The summed E-state index contributed by atoms with van der Waals surface area (Å²) in [5.74, 6) is -1.30. The van der Waals surface area contributed by atoms with E-state index in [0.717, 1.165) is 4.57 Å². The summed E-state index contributed by atoms with van der Waals surface area (Å²) in [6.45, 7) is 0.809. The van der Waals surface area contributed by atoms with Crippen molar-refractivity contribution in [2.45, 2.75) is 25.4 Å². The fraction of sp³-hybridized carbons (Fsp3) is 0.500. The number of aliphatic hydroxyl groups excluding tert-OH is 2. The summed E-state index contributed by atoms with van der Waals surface area (Å²) >= 11 is 0. The molecule has 0 aliphatic carbocycles. The number of anilines is 1. The molecule has 1 fully saturated rings. The second-order valence-corrected chi connectivity index (χ2v) is 4.58. The molecule has 1 amide bonds. The Balaban J connectivity index is 2.32. The van der Waals surface area contributed by atoms with Crippen molar-refractivity contribution < 1.29 is 19.7 Å². The number of carbonyl (C=O) groups excluding carboxylic acids is 1. The molecule has 0 aromatic carbocycles. The highest BCUT2D eigenvalue weighted by atomic mass is 16.5. The van der Waals surface area contributed by atoms with Gasteiger partial charge in [0.2, 0.25) is 5.91 Å². The van der Waals surface area contributed by atoms with Crippen molar-refractivity contribution in [2.75, 3.05) is 11.9 Å². The lowest BCUT2D eigenvalue weighted by atomic mass is 10.0. The molecule has 9 nitrogen and oxygen atoms in total. The number of rotatable bonds is 3. The Morgan fingerprint density at radius 3 is 2.90 bits per heavy atom. The van der Waals surface area contributed by atoms with Crippen LogP contribution in [-0.2, 0) is 9.53 Å². The van der Waals surface area contributed by atoms with Crippen LogP contribution in [0.5, 0.6) is 0 Å². The van der Waals surface area contributed by atoms with Crippen LogP contribution in [0, 0.1) is 17.2 Å². The van der Waals surface area contributed by atoms with E-state index < -0.39 is 36.7 Å². The van der Waals surface area contributed by atoms with Gasteiger partial charge in [-0.15, -0.1) is 0 Å². The van der Waals surface area contributed by atoms with Crippen LogP contribution >= 0.6 is 0 Å². The monoisotopic (exact) mass is 294 g/mol. The lowest BCUT2D eigenvalue weighted by molar-refractivity contribution is -0.114. The Labute approximate surface area is 119 Å². The largest absolute Gasteiger partial charge is 0.394 e. The van der Waals surface area contributed by atoms with E-state index in [0.29, 0.717) is 0 Å². The number of nitrogens with one attached hydrogen (secondary N) is 1. The third-order valence-corrected chi connectivity index (χ3v) is 3.11. The van der Waals surface area contributed by atoms with Gasteiger partial charge in [-0.3, -0.25) is 9.36 Å². The second-order valence-electron chi connectivity index (χ2n) is 4.58. The van der Waals surface area contributed by atoms with Gasteiger partial charge in [0.1, 0.15) is 23.9 Å². The van der Waals surface area contributed by atoms with Gasteiger partial charge in [0.25, 0.3) is 0 Å². The fourth-order valence-electron chi connectivity index (χ4n) is 2.13. The van der Waals surface area contributed by atoms with Gasteiger partial charge in [0, 0.05) is 13.1 Å². The molecule has 1 aliphatic heterocycles. The molecule has 0 saturated carbocycles. The Hall–Kier alpha value is -2.28. The summed E-state index contributed by atoms with van der Waals surface area (Å²) in [6.07, 6.45) is -1.88. The number of aromatic nitrogens is 2. The zero-order chi connectivity index (χ0) is 15.6. The van der Waals surface area contributed by atoms with Crippen LogP contribution < -0.4 is 11.0 Å². The lowest BCUT2D eigenvalue weighted by Crippen LogP contribution is -2.31. The van der Waals surface area contributed by atoms with E-state index in [2.05, 4.69) is 10.3 Å². The molecule has 0 radical (unpaired) electrons. The van der Waals surface area contributed by atoms with Crippen LogP contribution in [0.15, 0.2) is 17.1 Å². The van der Waals surface area contributed by atoms with Gasteiger partial charge in [-0.05, 0) is 6.07 Å². The van der Waals surface area contributed by atoms with Crippen LogP contribution in [0.25, 0.3) is 0 Å². The van der Waals surface area contributed by atoms with Crippen molar-refractivity contribution >= 4 is 11.7 Å². The molecule has 2 rings (SSSR count). The first-order valence-electron chi connectivity index (χ1n) is 6.18. The zero-order valence-electron chi connectivity index (χ0n) is 11.1. The molecule has 2 heterocycles. The van der Waals surface area contributed by atoms with Gasteiger partial charge in [-0.1, -0.05) is 0 Å². The summed E-state index contributed by atoms with van der Waals surface area (Å²) in [5, 5.41) is 30.4. The minimum Gasteiger partial charge on any atom is -0.394 e. The third-order valence-electron chi connectivity index (χ3n) is 3.11. The van der Waals surface area contributed by atoms with Gasteiger partial charge in [0.15, 0.2) is 6.23 Å². The zero-order valence-corrected chi connectivity index (χ0v) is 11.1. The van der Waals surface area contributed by atoms with Crippen LogP contribution in [-0.4, -0.2) is 44.5 Å². The number of ether oxygens (including phenoxy) is 1. The second kappa shape index (κ2) is 6.01. The van der Waals surface area contributed by atoms with Crippen molar-refractivity contribution in [2.24, 2.45) is 5.92 Å². The first kappa shape index (κ1) is 15.1. The maximum atomic E-state index is 11.9. The van der Waals surface area contributed by atoms with Gasteiger partial charge < -0.3 is 20.3 Å². The maximum absolute atomic E-state index is 11.9.